The molecule has 0 amide bonds. The van der Waals surface area contributed by atoms with E-state index in [9.17, 15) is 4.79 Å². The Morgan fingerprint density at radius 1 is 0.971 bits per heavy atom. The first-order valence-electron chi connectivity index (χ1n) is 13.5. The van der Waals surface area contributed by atoms with E-state index in [0.717, 1.165) is 6.42 Å². The van der Waals surface area contributed by atoms with Gasteiger partial charge < -0.3 is 14.2 Å². The van der Waals surface area contributed by atoms with Crippen molar-refractivity contribution in [1.29, 1.82) is 0 Å². The van der Waals surface area contributed by atoms with Crippen molar-refractivity contribution < 1.29 is 19.0 Å². The molecule has 1 unspecified atom stereocenters. The highest BCUT2D eigenvalue weighted by Crippen LogP contribution is 2.66. The summed E-state index contributed by atoms with van der Waals surface area (Å²) in [6, 6.07) is 0. The van der Waals surface area contributed by atoms with Gasteiger partial charge in [0.05, 0.1) is 11.7 Å². The first-order chi connectivity index (χ1) is 15.8. The highest BCUT2D eigenvalue weighted by molar-refractivity contribution is 6.01. The van der Waals surface area contributed by atoms with Gasteiger partial charge >= 0.3 is 0 Å². The highest BCUT2D eigenvalue weighted by atomic mass is 16.9. The molecule has 4 heteroatoms. The molecule has 6 aliphatic rings. The molecule has 2 heterocycles. The van der Waals surface area contributed by atoms with Gasteiger partial charge in [-0.3, -0.25) is 4.79 Å². The molecule has 2 aliphatic heterocycles. The maximum atomic E-state index is 12.0. The molecule has 10 atom stereocenters. The van der Waals surface area contributed by atoms with Crippen LogP contribution in [0.15, 0.2) is 36.0 Å². The molecule has 34 heavy (non-hydrogen) atoms. The lowest BCUT2D eigenvalue weighted by molar-refractivity contribution is -0.385. The normalized spacial score (nSPS) is 53.7. The lowest BCUT2D eigenvalue weighted by Crippen LogP contribution is -2.54. The van der Waals surface area contributed by atoms with Crippen LogP contribution in [0.4, 0.5) is 0 Å². The van der Waals surface area contributed by atoms with Gasteiger partial charge in [0.15, 0.2) is 5.78 Å². The Hall–Kier alpha value is -1.23. The summed E-state index contributed by atoms with van der Waals surface area (Å²) in [5.41, 5.74) is 0.828. The zero-order valence-electron chi connectivity index (χ0n) is 22.0. The summed E-state index contributed by atoms with van der Waals surface area (Å²) in [4.78, 5) is 12.0. The summed E-state index contributed by atoms with van der Waals surface area (Å²) in [5.74, 6) is 2.14. The molecule has 4 nitrogen and oxygen atoms in total. The van der Waals surface area contributed by atoms with Crippen molar-refractivity contribution in [2.24, 2.45) is 40.4 Å². The predicted octanol–water partition coefficient (Wildman–Crippen LogP) is 6.37. The van der Waals surface area contributed by atoms with Crippen LogP contribution in [0.25, 0.3) is 0 Å². The Balaban J connectivity index is 1.27. The fraction of sp³-hybridized carbons (Fsp3) is 0.767. The first kappa shape index (κ1) is 23.2. The van der Waals surface area contributed by atoms with Crippen LogP contribution in [0.2, 0.25) is 0 Å². The molecule has 2 bridgehead atoms. The molecule has 4 fully saturated rings. The number of hydrogen-bond acceptors (Lipinski definition) is 4. The minimum absolute atomic E-state index is 0.00647. The van der Waals surface area contributed by atoms with E-state index in [2.05, 4.69) is 59.8 Å². The zero-order chi connectivity index (χ0) is 24.3. The third kappa shape index (κ3) is 2.97. The van der Waals surface area contributed by atoms with Crippen molar-refractivity contribution in [1.82, 2.24) is 0 Å². The van der Waals surface area contributed by atoms with E-state index >= 15 is 0 Å². The van der Waals surface area contributed by atoms with Gasteiger partial charge in [0.25, 0.3) is 5.97 Å². The average molecular weight is 467 g/mol. The molecule has 2 saturated carbocycles. The number of rotatable bonds is 2. The van der Waals surface area contributed by atoms with E-state index in [-0.39, 0.29) is 28.5 Å². The average Bonchev–Trinajstić information content (AvgIpc) is 3.15. The summed E-state index contributed by atoms with van der Waals surface area (Å²) in [5, 5.41) is 0. The Morgan fingerprint density at radius 2 is 1.74 bits per heavy atom. The molecule has 0 aromatic carbocycles. The summed E-state index contributed by atoms with van der Waals surface area (Å²) in [6.45, 7) is 15.8. The second-order valence-corrected chi connectivity index (χ2v) is 13.5. The van der Waals surface area contributed by atoms with Crippen molar-refractivity contribution in [3.8, 4) is 0 Å². The molecular formula is C30H42O4. The van der Waals surface area contributed by atoms with Gasteiger partial charge in [-0.1, -0.05) is 39.0 Å². The molecular weight excluding hydrogens is 424 g/mol. The maximum absolute atomic E-state index is 12.0. The zero-order valence-corrected chi connectivity index (χ0v) is 22.0. The van der Waals surface area contributed by atoms with Gasteiger partial charge in [-0.05, 0) is 99.2 Å². The van der Waals surface area contributed by atoms with Crippen LogP contribution in [-0.4, -0.2) is 29.1 Å². The highest BCUT2D eigenvalue weighted by Gasteiger charge is 2.65. The summed E-state index contributed by atoms with van der Waals surface area (Å²) in [7, 11) is 0. The molecule has 0 spiro atoms. The van der Waals surface area contributed by atoms with Crippen molar-refractivity contribution >= 4 is 5.78 Å². The molecule has 6 rings (SSSR count). The van der Waals surface area contributed by atoms with Crippen LogP contribution in [0.3, 0.4) is 0 Å². The topological polar surface area (TPSA) is 44.8 Å². The second kappa shape index (κ2) is 6.95. The lowest BCUT2D eigenvalue weighted by Gasteiger charge is -2.56. The van der Waals surface area contributed by atoms with E-state index < -0.39 is 5.97 Å². The summed E-state index contributed by atoms with van der Waals surface area (Å²) in [6.07, 6.45) is 16.7. The van der Waals surface area contributed by atoms with Gasteiger partial charge in [0.2, 0.25) is 0 Å². The standard InChI is InChI=1S/C30H42O4/c1-18(25-17-29(6)26(2,3)33-30(7,32-25)34-29)22-10-11-23-21-9-8-19-16-20(31)12-14-27(19,4)24(21)13-15-28(22,23)5/h8-9,12,14,16,18,21-25H,10-11,13,15,17H2,1-7H3/t18-,21-,22+,23-,24-,25+,27-,28+,29+,30?/m0/s1. The van der Waals surface area contributed by atoms with E-state index in [4.69, 9.17) is 14.2 Å². The minimum Gasteiger partial charge on any atom is -0.324 e. The number of carbonyl (C=O) groups is 1. The van der Waals surface area contributed by atoms with Crippen LogP contribution in [0.5, 0.6) is 0 Å². The number of allylic oxidation sites excluding steroid dienone is 6. The van der Waals surface area contributed by atoms with Crippen molar-refractivity contribution in [2.75, 3.05) is 0 Å². The predicted molar refractivity (Wildman–Crippen MR) is 132 cm³/mol. The van der Waals surface area contributed by atoms with Crippen LogP contribution < -0.4 is 0 Å². The SMILES string of the molecule is C[C@@H]([C@H]1CC[C@H]2[C@@H]3C=CC4=CC(=O)C=C[C@]4(C)[C@H]3CC[C@]12C)[C@H]1C[C@@]2(C)OC(C)(O1)OC2(C)C. The van der Waals surface area contributed by atoms with Gasteiger partial charge in [0.1, 0.15) is 5.60 Å². The summed E-state index contributed by atoms with van der Waals surface area (Å²) < 4.78 is 19.2. The van der Waals surface area contributed by atoms with Gasteiger partial charge in [-0.15, -0.1) is 0 Å². The largest absolute Gasteiger partial charge is 0.324 e. The van der Waals surface area contributed by atoms with Crippen molar-refractivity contribution in [3.63, 3.8) is 0 Å². The third-order valence-corrected chi connectivity index (χ3v) is 11.5. The maximum Gasteiger partial charge on any atom is 0.281 e. The van der Waals surface area contributed by atoms with Crippen molar-refractivity contribution in [3.05, 3.63) is 36.0 Å². The Bertz CT molecular complexity index is 1000. The number of ether oxygens (including phenoxy) is 3. The Kier molecular flexibility index (Phi) is 4.74. The van der Waals surface area contributed by atoms with Crippen LogP contribution in [0, 0.1) is 40.4 Å². The van der Waals surface area contributed by atoms with Crippen molar-refractivity contribution in [2.45, 2.75) is 104 Å². The van der Waals surface area contributed by atoms with Gasteiger partial charge in [-0.2, -0.15) is 0 Å². The van der Waals surface area contributed by atoms with E-state index in [0.29, 0.717) is 35.0 Å². The molecule has 0 radical (unpaired) electrons. The summed E-state index contributed by atoms with van der Waals surface area (Å²) >= 11 is 0. The van der Waals surface area contributed by atoms with Gasteiger partial charge in [-0.25, -0.2) is 0 Å². The van der Waals surface area contributed by atoms with Crippen LogP contribution >= 0.6 is 0 Å². The Morgan fingerprint density at radius 3 is 2.47 bits per heavy atom. The smallest absolute Gasteiger partial charge is 0.281 e. The number of fused-ring (bicyclic) bond motifs is 7. The Labute approximate surface area is 205 Å². The molecule has 2 saturated heterocycles. The molecule has 186 valence electrons. The minimum atomic E-state index is -0.944. The van der Waals surface area contributed by atoms with Gasteiger partial charge in [0, 0.05) is 18.8 Å². The first-order valence-corrected chi connectivity index (χ1v) is 13.5. The second-order valence-electron chi connectivity index (χ2n) is 13.5. The monoisotopic (exact) mass is 466 g/mol. The van der Waals surface area contributed by atoms with Crippen LogP contribution in [0.1, 0.15) is 80.6 Å². The van der Waals surface area contributed by atoms with E-state index in [1.54, 1.807) is 6.08 Å². The molecule has 0 N–H and O–H groups in total. The lowest BCUT2D eigenvalue weighted by atomic mass is 9.49. The fourth-order valence-corrected chi connectivity index (χ4v) is 9.27. The van der Waals surface area contributed by atoms with E-state index in [1.807, 2.05) is 13.0 Å². The molecule has 0 aromatic heterocycles. The number of hydrogen-bond donors (Lipinski definition) is 0. The van der Waals surface area contributed by atoms with Crippen LogP contribution in [-0.2, 0) is 19.0 Å². The quantitative estimate of drug-likeness (QED) is 0.474. The molecule has 0 aromatic rings. The van der Waals surface area contributed by atoms with E-state index in [1.165, 1.54) is 31.3 Å². The number of ketones is 1. The molecule has 4 aliphatic carbocycles. The third-order valence-electron chi connectivity index (χ3n) is 11.5. The number of carbonyl (C=O) groups excluding carboxylic acids is 1. The fourth-order valence-electron chi connectivity index (χ4n) is 9.27.